The van der Waals surface area contributed by atoms with Crippen molar-refractivity contribution >= 4 is 0 Å². The molecule has 2 aromatic rings. The molecule has 0 aliphatic carbocycles. The van der Waals surface area contributed by atoms with E-state index >= 15 is 0 Å². The second-order valence-corrected chi connectivity index (χ2v) is 5.55. The zero-order chi connectivity index (χ0) is 14.1. The molecule has 0 bridgehead atoms. The maximum Gasteiger partial charge on any atom is 0.122 e. The highest BCUT2D eigenvalue weighted by Gasteiger charge is 2.18. The number of hydrogen-bond acceptors (Lipinski definition) is 2. The summed E-state index contributed by atoms with van der Waals surface area (Å²) in [4.78, 5) is 0. The fourth-order valence-corrected chi connectivity index (χ4v) is 2.96. The van der Waals surface area contributed by atoms with Crippen LogP contribution in [0.3, 0.4) is 0 Å². The number of rotatable bonds is 3. The molecule has 2 heteroatoms. The van der Waals surface area contributed by atoms with E-state index in [1.807, 2.05) is 7.05 Å². The fourth-order valence-electron chi connectivity index (χ4n) is 2.96. The van der Waals surface area contributed by atoms with Gasteiger partial charge in [-0.25, -0.2) is 0 Å². The van der Waals surface area contributed by atoms with Gasteiger partial charge < -0.3 is 10.1 Å². The highest BCUT2D eigenvalue weighted by atomic mass is 16.5. The van der Waals surface area contributed by atoms with Gasteiger partial charge in [-0.3, -0.25) is 0 Å². The van der Waals surface area contributed by atoms with E-state index in [-0.39, 0.29) is 6.04 Å². The molecule has 0 amide bonds. The van der Waals surface area contributed by atoms with Crippen molar-refractivity contribution in [3.8, 4) is 5.75 Å². The van der Waals surface area contributed by atoms with Crippen LogP contribution in [0.5, 0.6) is 5.75 Å². The second kappa shape index (κ2) is 5.29. The van der Waals surface area contributed by atoms with Crippen LogP contribution in [0.4, 0.5) is 0 Å². The van der Waals surface area contributed by atoms with Gasteiger partial charge in [0.25, 0.3) is 0 Å². The Balaban J connectivity index is 2.03. The van der Waals surface area contributed by atoms with Gasteiger partial charge in [-0.05, 0) is 49.2 Å². The Kier molecular flexibility index (Phi) is 3.49. The molecule has 0 aromatic heterocycles. The molecule has 2 nitrogen and oxygen atoms in total. The summed E-state index contributed by atoms with van der Waals surface area (Å²) < 4.78 is 5.59. The summed E-state index contributed by atoms with van der Waals surface area (Å²) in [6.07, 6.45) is 1.02. The zero-order valence-corrected chi connectivity index (χ0v) is 12.4. The molecular formula is C18H21NO. The van der Waals surface area contributed by atoms with E-state index in [0.29, 0.717) is 0 Å². The molecule has 3 rings (SSSR count). The van der Waals surface area contributed by atoms with Crippen LogP contribution < -0.4 is 10.1 Å². The van der Waals surface area contributed by atoms with Gasteiger partial charge in [0.2, 0.25) is 0 Å². The van der Waals surface area contributed by atoms with E-state index in [0.717, 1.165) is 18.8 Å². The van der Waals surface area contributed by atoms with Gasteiger partial charge in [0, 0.05) is 6.42 Å². The molecule has 0 saturated carbocycles. The first-order valence-corrected chi connectivity index (χ1v) is 7.19. The number of benzene rings is 2. The second-order valence-electron chi connectivity index (χ2n) is 5.55. The summed E-state index contributed by atoms with van der Waals surface area (Å²) >= 11 is 0. The third-order valence-corrected chi connectivity index (χ3v) is 4.08. The Hall–Kier alpha value is -1.80. The smallest absolute Gasteiger partial charge is 0.122 e. The minimum Gasteiger partial charge on any atom is -0.493 e. The SMILES string of the molecule is CNC(c1ccc2c(c1)CCO2)c1cc(C)ccc1C. The van der Waals surface area contributed by atoms with E-state index in [2.05, 4.69) is 55.6 Å². The van der Waals surface area contributed by atoms with Crippen molar-refractivity contribution < 1.29 is 4.74 Å². The highest BCUT2D eigenvalue weighted by Crippen LogP contribution is 2.31. The van der Waals surface area contributed by atoms with Crippen LogP contribution in [0, 0.1) is 13.8 Å². The van der Waals surface area contributed by atoms with Crippen LogP contribution >= 0.6 is 0 Å². The molecule has 0 radical (unpaired) electrons. The van der Waals surface area contributed by atoms with Gasteiger partial charge in [0.1, 0.15) is 5.75 Å². The van der Waals surface area contributed by atoms with Crippen LogP contribution in [-0.4, -0.2) is 13.7 Å². The third-order valence-electron chi connectivity index (χ3n) is 4.08. The average molecular weight is 267 g/mol. The van der Waals surface area contributed by atoms with Crippen molar-refractivity contribution in [1.29, 1.82) is 0 Å². The van der Waals surface area contributed by atoms with Gasteiger partial charge in [-0.1, -0.05) is 35.9 Å². The van der Waals surface area contributed by atoms with E-state index in [1.54, 1.807) is 0 Å². The summed E-state index contributed by atoms with van der Waals surface area (Å²) in [7, 11) is 2.02. The van der Waals surface area contributed by atoms with Crippen LogP contribution in [-0.2, 0) is 6.42 Å². The summed E-state index contributed by atoms with van der Waals surface area (Å²) in [5.74, 6) is 1.05. The van der Waals surface area contributed by atoms with E-state index in [4.69, 9.17) is 4.74 Å². The minimum atomic E-state index is 0.237. The summed E-state index contributed by atoms with van der Waals surface area (Å²) in [5.41, 5.74) is 6.62. The lowest BCUT2D eigenvalue weighted by Crippen LogP contribution is -2.19. The molecule has 1 aliphatic heterocycles. The summed E-state index contributed by atoms with van der Waals surface area (Å²) in [5, 5.41) is 3.45. The standard InChI is InChI=1S/C18H21NO/c1-12-4-5-13(2)16(10-12)18(19-3)15-6-7-17-14(11-15)8-9-20-17/h4-7,10-11,18-19H,8-9H2,1-3H3. The molecule has 2 aromatic carbocycles. The van der Waals surface area contributed by atoms with Crippen LogP contribution in [0.25, 0.3) is 0 Å². The topological polar surface area (TPSA) is 21.3 Å². The van der Waals surface area contributed by atoms with Gasteiger partial charge >= 0.3 is 0 Å². The maximum atomic E-state index is 5.59. The predicted molar refractivity (Wildman–Crippen MR) is 82.5 cm³/mol. The highest BCUT2D eigenvalue weighted by molar-refractivity contribution is 5.45. The molecule has 104 valence electrons. The first-order chi connectivity index (χ1) is 9.69. The van der Waals surface area contributed by atoms with Crippen molar-refractivity contribution in [1.82, 2.24) is 5.32 Å². The van der Waals surface area contributed by atoms with Crippen LogP contribution in [0.15, 0.2) is 36.4 Å². The van der Waals surface area contributed by atoms with E-state index < -0.39 is 0 Å². The van der Waals surface area contributed by atoms with E-state index in [9.17, 15) is 0 Å². The fraction of sp³-hybridized carbons (Fsp3) is 0.333. The number of ether oxygens (including phenoxy) is 1. The van der Waals surface area contributed by atoms with Crippen LogP contribution in [0.2, 0.25) is 0 Å². The monoisotopic (exact) mass is 267 g/mol. The normalized spacial score (nSPS) is 14.8. The number of nitrogens with one attached hydrogen (secondary N) is 1. The minimum absolute atomic E-state index is 0.237. The summed E-state index contributed by atoms with van der Waals surface area (Å²) in [6.45, 7) is 5.13. The Morgan fingerprint density at radius 1 is 1.10 bits per heavy atom. The number of aryl methyl sites for hydroxylation is 2. The van der Waals surface area contributed by atoms with Crippen molar-refractivity contribution in [3.63, 3.8) is 0 Å². The third kappa shape index (κ3) is 2.32. The summed E-state index contributed by atoms with van der Waals surface area (Å²) in [6, 6.07) is 13.4. The number of hydrogen-bond donors (Lipinski definition) is 1. The predicted octanol–water partition coefficient (Wildman–Crippen LogP) is 3.55. The average Bonchev–Trinajstić information content (AvgIpc) is 2.91. The van der Waals surface area contributed by atoms with Crippen molar-refractivity contribution in [2.75, 3.05) is 13.7 Å². The molecule has 0 fully saturated rings. The lowest BCUT2D eigenvalue weighted by molar-refractivity contribution is 0.357. The molecule has 1 unspecified atom stereocenters. The molecule has 0 spiro atoms. The molecule has 1 heterocycles. The Morgan fingerprint density at radius 2 is 1.95 bits per heavy atom. The Labute approximate surface area is 120 Å². The Morgan fingerprint density at radius 3 is 2.75 bits per heavy atom. The molecule has 1 atom stereocenters. The molecule has 1 N–H and O–H groups in total. The van der Waals surface area contributed by atoms with Gasteiger partial charge in [0.05, 0.1) is 12.6 Å². The molecular weight excluding hydrogens is 246 g/mol. The first-order valence-electron chi connectivity index (χ1n) is 7.19. The van der Waals surface area contributed by atoms with Crippen molar-refractivity contribution in [3.05, 3.63) is 64.2 Å². The molecule has 20 heavy (non-hydrogen) atoms. The van der Waals surface area contributed by atoms with Gasteiger partial charge in [0.15, 0.2) is 0 Å². The lowest BCUT2D eigenvalue weighted by Gasteiger charge is -2.20. The molecule has 0 saturated heterocycles. The Bertz CT molecular complexity index is 633. The largest absolute Gasteiger partial charge is 0.493 e. The number of fused-ring (bicyclic) bond motifs is 1. The zero-order valence-electron chi connectivity index (χ0n) is 12.4. The van der Waals surface area contributed by atoms with Gasteiger partial charge in [-0.15, -0.1) is 0 Å². The van der Waals surface area contributed by atoms with Crippen molar-refractivity contribution in [2.45, 2.75) is 26.3 Å². The maximum absolute atomic E-state index is 5.59. The van der Waals surface area contributed by atoms with Crippen LogP contribution in [0.1, 0.15) is 33.9 Å². The quantitative estimate of drug-likeness (QED) is 0.918. The van der Waals surface area contributed by atoms with E-state index in [1.165, 1.54) is 27.8 Å². The van der Waals surface area contributed by atoms with Gasteiger partial charge in [-0.2, -0.15) is 0 Å². The first kappa shape index (κ1) is 13.2. The lowest BCUT2D eigenvalue weighted by atomic mass is 9.92. The molecule has 1 aliphatic rings. The van der Waals surface area contributed by atoms with Crippen molar-refractivity contribution in [2.24, 2.45) is 0 Å².